The molecule has 1 aromatic carbocycles. The van der Waals surface area contributed by atoms with Crippen molar-refractivity contribution in [3.8, 4) is 0 Å². The Morgan fingerprint density at radius 2 is 2.20 bits per heavy atom. The van der Waals surface area contributed by atoms with Crippen LogP contribution in [0.4, 0.5) is 0 Å². The largest absolute Gasteiger partial charge is 0.618 e. The lowest BCUT2D eigenvalue weighted by Gasteiger charge is -2.21. The molecular weight excluding hydrogens is 314 g/mol. The molecule has 0 unspecified atom stereocenters. The van der Waals surface area contributed by atoms with Crippen molar-refractivity contribution in [1.82, 2.24) is 0 Å². The van der Waals surface area contributed by atoms with E-state index < -0.39 is 0 Å². The number of aromatic nitrogens is 1. The van der Waals surface area contributed by atoms with Crippen LogP contribution in [0.1, 0.15) is 10.4 Å². The van der Waals surface area contributed by atoms with E-state index in [1.807, 2.05) is 6.07 Å². The normalized spacial score (nSPS) is 17.9. The highest BCUT2D eigenvalue weighted by Gasteiger charge is 2.30. The molecule has 0 bridgehead atoms. The summed E-state index contributed by atoms with van der Waals surface area (Å²) in [7, 11) is 0. The molecule has 0 fully saturated rings. The molecule has 2 aromatic rings. The fourth-order valence-corrected chi connectivity index (χ4v) is 4.43. The Labute approximate surface area is 129 Å². The first kappa shape index (κ1) is 13.8. The van der Waals surface area contributed by atoms with E-state index >= 15 is 0 Å². The van der Waals surface area contributed by atoms with Gasteiger partial charge >= 0.3 is 0 Å². The van der Waals surface area contributed by atoms with Gasteiger partial charge in [0, 0.05) is 33.4 Å². The van der Waals surface area contributed by atoms with E-state index in [1.165, 1.54) is 18.0 Å². The summed E-state index contributed by atoms with van der Waals surface area (Å²) in [6.07, 6.45) is 1.44. The van der Waals surface area contributed by atoms with Gasteiger partial charge in [0.1, 0.15) is 0 Å². The number of carbonyl (C=O) groups excluding carboxylic acids is 1. The Hall–Kier alpha value is -1.17. The lowest BCUT2D eigenvalue weighted by Crippen LogP contribution is -2.31. The second kappa shape index (κ2) is 5.68. The van der Waals surface area contributed by atoms with Gasteiger partial charge in [-0.15, -0.1) is 11.8 Å². The molecule has 1 aromatic heterocycles. The zero-order chi connectivity index (χ0) is 14.1. The molecule has 0 saturated heterocycles. The SMILES string of the molecule is O=C1c2cc(Cl)ccc2SC[C@H]1Sc1cccc[n+]1[O-]. The number of halogens is 1. The van der Waals surface area contributed by atoms with E-state index in [9.17, 15) is 10.0 Å². The van der Waals surface area contributed by atoms with Gasteiger partial charge in [-0.1, -0.05) is 11.6 Å². The van der Waals surface area contributed by atoms with Gasteiger partial charge in [0.2, 0.25) is 0 Å². The van der Waals surface area contributed by atoms with Crippen molar-refractivity contribution in [3.63, 3.8) is 0 Å². The molecule has 1 atom stereocenters. The van der Waals surface area contributed by atoms with Crippen LogP contribution >= 0.6 is 35.1 Å². The number of nitrogens with zero attached hydrogens (tertiary/aromatic N) is 1. The average molecular weight is 324 g/mol. The van der Waals surface area contributed by atoms with Crippen LogP contribution in [-0.4, -0.2) is 16.8 Å². The zero-order valence-electron chi connectivity index (χ0n) is 10.3. The third-order valence-electron chi connectivity index (χ3n) is 2.94. The molecule has 3 rings (SSSR count). The lowest BCUT2D eigenvalue weighted by molar-refractivity contribution is -0.645. The molecule has 0 aliphatic carbocycles. The maximum atomic E-state index is 12.5. The number of rotatable bonds is 2. The van der Waals surface area contributed by atoms with Gasteiger partial charge in [0.15, 0.2) is 12.0 Å². The van der Waals surface area contributed by atoms with Crippen molar-refractivity contribution < 1.29 is 9.52 Å². The van der Waals surface area contributed by atoms with Gasteiger partial charge in [-0.3, -0.25) is 4.79 Å². The van der Waals surface area contributed by atoms with Gasteiger partial charge in [-0.25, -0.2) is 0 Å². The Balaban J connectivity index is 1.87. The van der Waals surface area contributed by atoms with Crippen LogP contribution in [0.2, 0.25) is 5.02 Å². The third-order valence-corrected chi connectivity index (χ3v) is 5.78. The first-order chi connectivity index (χ1) is 9.65. The van der Waals surface area contributed by atoms with Crippen molar-refractivity contribution >= 4 is 40.9 Å². The summed E-state index contributed by atoms with van der Waals surface area (Å²) < 4.78 is 0.788. The van der Waals surface area contributed by atoms with E-state index in [0.29, 0.717) is 21.4 Å². The van der Waals surface area contributed by atoms with Crippen LogP contribution in [0, 0.1) is 5.21 Å². The van der Waals surface area contributed by atoms with Crippen molar-refractivity contribution in [2.24, 2.45) is 0 Å². The van der Waals surface area contributed by atoms with E-state index in [1.54, 1.807) is 42.1 Å². The Morgan fingerprint density at radius 1 is 1.35 bits per heavy atom. The van der Waals surface area contributed by atoms with Crippen molar-refractivity contribution in [1.29, 1.82) is 0 Å². The monoisotopic (exact) mass is 323 g/mol. The molecule has 102 valence electrons. The summed E-state index contributed by atoms with van der Waals surface area (Å²) in [4.78, 5) is 13.4. The quantitative estimate of drug-likeness (QED) is 0.627. The van der Waals surface area contributed by atoms with Crippen LogP contribution in [0.15, 0.2) is 52.5 Å². The number of carbonyl (C=O) groups is 1. The smallest absolute Gasteiger partial charge is 0.252 e. The molecule has 3 nitrogen and oxygen atoms in total. The standard InChI is InChI=1S/C14H10ClNO2S2/c15-9-4-5-11-10(7-9)14(17)12(8-19-11)20-13-3-1-2-6-16(13)18/h1-7,12H,8H2/t12-/m1/s1. The molecule has 1 aliphatic rings. The molecule has 0 saturated carbocycles. The molecule has 1 aliphatic heterocycles. The summed E-state index contributed by atoms with van der Waals surface area (Å²) in [6, 6.07) is 10.6. The maximum absolute atomic E-state index is 12.5. The topological polar surface area (TPSA) is 44.0 Å². The highest BCUT2D eigenvalue weighted by molar-refractivity contribution is 8.04. The summed E-state index contributed by atoms with van der Waals surface area (Å²) in [5.41, 5.74) is 0.652. The van der Waals surface area contributed by atoms with E-state index in [2.05, 4.69) is 0 Å². The number of ketones is 1. The van der Waals surface area contributed by atoms with E-state index in [-0.39, 0.29) is 11.0 Å². The maximum Gasteiger partial charge on any atom is 0.252 e. The summed E-state index contributed by atoms with van der Waals surface area (Å²) in [6.45, 7) is 0. The van der Waals surface area contributed by atoms with E-state index in [4.69, 9.17) is 11.6 Å². The van der Waals surface area contributed by atoms with Crippen LogP contribution in [0.25, 0.3) is 0 Å². The fourth-order valence-electron chi connectivity index (χ4n) is 1.97. The molecule has 0 radical (unpaired) electrons. The first-order valence-electron chi connectivity index (χ1n) is 5.96. The Bertz CT molecular complexity index is 678. The first-order valence-corrected chi connectivity index (χ1v) is 8.21. The number of thioether (sulfide) groups is 2. The molecule has 0 spiro atoms. The average Bonchev–Trinajstić information content (AvgIpc) is 2.45. The second-order valence-corrected chi connectivity index (χ2v) is 7.01. The van der Waals surface area contributed by atoms with Crippen LogP contribution < -0.4 is 4.73 Å². The van der Waals surface area contributed by atoms with Gasteiger partial charge in [0.25, 0.3) is 5.03 Å². The summed E-state index contributed by atoms with van der Waals surface area (Å²) >= 11 is 8.88. The van der Waals surface area contributed by atoms with Gasteiger partial charge < -0.3 is 5.21 Å². The fraction of sp³-hybridized carbons (Fsp3) is 0.143. The highest BCUT2D eigenvalue weighted by Crippen LogP contribution is 2.37. The number of pyridine rings is 1. The number of fused-ring (bicyclic) bond motifs is 1. The number of benzene rings is 1. The van der Waals surface area contributed by atoms with Gasteiger partial charge in [-0.2, -0.15) is 4.73 Å². The lowest BCUT2D eigenvalue weighted by atomic mass is 10.1. The van der Waals surface area contributed by atoms with Gasteiger partial charge in [0.05, 0.1) is 5.25 Å². The summed E-state index contributed by atoms with van der Waals surface area (Å²) in [5, 5.41) is 12.5. The molecule has 0 N–H and O–H groups in total. The van der Waals surface area contributed by atoms with E-state index in [0.717, 1.165) is 9.63 Å². The number of Topliss-reactive ketones (excluding diaryl/α,β-unsaturated/α-hetero) is 1. The molecule has 20 heavy (non-hydrogen) atoms. The Morgan fingerprint density at radius 3 is 3.00 bits per heavy atom. The summed E-state index contributed by atoms with van der Waals surface area (Å²) in [5.74, 6) is 0.697. The molecule has 2 heterocycles. The zero-order valence-corrected chi connectivity index (χ0v) is 12.7. The van der Waals surface area contributed by atoms with Crippen LogP contribution in [-0.2, 0) is 0 Å². The number of hydrogen-bond donors (Lipinski definition) is 0. The minimum absolute atomic E-state index is 0.0371. The molecule has 0 amide bonds. The van der Waals surface area contributed by atoms with Crippen LogP contribution in [0.5, 0.6) is 0 Å². The molecular formula is C14H10ClNO2S2. The Kier molecular flexibility index (Phi) is 3.92. The third kappa shape index (κ3) is 2.66. The minimum Gasteiger partial charge on any atom is -0.618 e. The van der Waals surface area contributed by atoms with Crippen molar-refractivity contribution in [3.05, 3.63) is 58.4 Å². The minimum atomic E-state index is -0.256. The van der Waals surface area contributed by atoms with Crippen LogP contribution in [0.3, 0.4) is 0 Å². The second-order valence-electron chi connectivity index (χ2n) is 4.29. The molecule has 6 heteroatoms. The van der Waals surface area contributed by atoms with Crippen molar-refractivity contribution in [2.75, 3.05) is 5.75 Å². The van der Waals surface area contributed by atoms with Gasteiger partial charge in [-0.05, 0) is 36.0 Å². The van der Waals surface area contributed by atoms with Crippen molar-refractivity contribution in [2.45, 2.75) is 15.2 Å². The predicted octanol–water partition coefficient (Wildman–Crippen LogP) is 3.42. The number of hydrogen-bond acceptors (Lipinski definition) is 4. The highest BCUT2D eigenvalue weighted by atomic mass is 35.5. The predicted molar refractivity (Wildman–Crippen MR) is 81.6 cm³/mol.